The summed E-state index contributed by atoms with van der Waals surface area (Å²) in [6, 6.07) is 5.05. The van der Waals surface area contributed by atoms with E-state index in [9.17, 15) is 4.79 Å². The first-order chi connectivity index (χ1) is 6.37. The Morgan fingerprint density at radius 2 is 2.14 bits per heavy atom. The van der Waals surface area contributed by atoms with Gasteiger partial charge in [0.05, 0.1) is 0 Å². The molecular formula is C9H11BrN2O2. The summed E-state index contributed by atoms with van der Waals surface area (Å²) in [6.07, 6.45) is 0. The van der Waals surface area contributed by atoms with Crippen molar-refractivity contribution in [3.05, 3.63) is 28.2 Å². The molecule has 0 aromatic heterocycles. The Bertz CT molecular complexity index is 357. The maximum absolute atomic E-state index is 10.9. The average molecular weight is 259 g/mol. The fourth-order valence-corrected chi connectivity index (χ4v) is 1.99. The van der Waals surface area contributed by atoms with E-state index in [1.165, 1.54) is 6.92 Å². The zero-order chi connectivity index (χ0) is 10.9. The molecule has 5 heteroatoms. The molecule has 0 aliphatic heterocycles. The third-order valence-corrected chi connectivity index (χ3v) is 2.67. The molecule has 1 atom stereocenters. The van der Waals surface area contributed by atoms with Gasteiger partial charge in [-0.3, -0.25) is 0 Å². The Balaban J connectivity index is 3.38. The van der Waals surface area contributed by atoms with E-state index < -0.39 is 11.5 Å². The standard InChI is InChI=1S/C9H11BrN2O2/c1-9(12,8(13)14)7-5(10)3-2-4-6(7)11/h2-4H,11-12H2,1H3,(H,13,14)/t9-/m0/s1. The van der Waals surface area contributed by atoms with Crippen LogP contribution in [0.1, 0.15) is 12.5 Å². The lowest BCUT2D eigenvalue weighted by atomic mass is 9.92. The lowest BCUT2D eigenvalue weighted by Crippen LogP contribution is -2.42. The van der Waals surface area contributed by atoms with Crippen LogP contribution in [0.3, 0.4) is 0 Å². The Hall–Kier alpha value is -1.07. The molecule has 14 heavy (non-hydrogen) atoms. The van der Waals surface area contributed by atoms with Gasteiger partial charge in [0.1, 0.15) is 5.54 Å². The van der Waals surface area contributed by atoms with E-state index in [-0.39, 0.29) is 0 Å². The van der Waals surface area contributed by atoms with Crippen molar-refractivity contribution in [2.45, 2.75) is 12.5 Å². The highest BCUT2D eigenvalue weighted by molar-refractivity contribution is 9.10. The lowest BCUT2D eigenvalue weighted by molar-refractivity contribution is -0.143. The number of benzene rings is 1. The number of nitrogen functional groups attached to an aromatic ring is 1. The number of nitrogens with two attached hydrogens (primary N) is 2. The molecule has 0 saturated heterocycles. The van der Waals surface area contributed by atoms with E-state index in [0.29, 0.717) is 15.7 Å². The third-order valence-electron chi connectivity index (χ3n) is 2.01. The summed E-state index contributed by atoms with van der Waals surface area (Å²) < 4.78 is 0.602. The summed E-state index contributed by atoms with van der Waals surface area (Å²) in [5, 5.41) is 8.94. The van der Waals surface area contributed by atoms with Crippen molar-refractivity contribution in [1.82, 2.24) is 0 Å². The van der Waals surface area contributed by atoms with Gasteiger partial charge in [0, 0.05) is 15.7 Å². The SMILES string of the molecule is C[C@@](N)(C(=O)O)c1c(N)cccc1Br. The number of hydrogen-bond acceptors (Lipinski definition) is 3. The van der Waals surface area contributed by atoms with Crippen LogP contribution in [0.5, 0.6) is 0 Å². The first kappa shape index (κ1) is 11.0. The molecule has 0 amide bonds. The topological polar surface area (TPSA) is 89.3 Å². The minimum absolute atomic E-state index is 0.367. The molecule has 1 aromatic rings. The van der Waals surface area contributed by atoms with Crippen molar-refractivity contribution in [3.63, 3.8) is 0 Å². The fraction of sp³-hybridized carbons (Fsp3) is 0.222. The predicted octanol–water partition coefficient (Wildman–Crippen LogP) is 1.29. The largest absolute Gasteiger partial charge is 0.480 e. The number of aliphatic carboxylic acids is 1. The molecule has 5 N–H and O–H groups in total. The second-order valence-corrected chi connectivity index (χ2v) is 4.07. The molecule has 0 unspecified atom stereocenters. The van der Waals surface area contributed by atoms with Crippen LogP contribution in [0.15, 0.2) is 22.7 Å². The van der Waals surface area contributed by atoms with Crippen LogP contribution in [-0.4, -0.2) is 11.1 Å². The monoisotopic (exact) mass is 258 g/mol. The molecule has 76 valence electrons. The number of hydrogen-bond donors (Lipinski definition) is 3. The van der Waals surface area contributed by atoms with E-state index in [1.54, 1.807) is 18.2 Å². The van der Waals surface area contributed by atoms with Crippen LogP contribution in [0, 0.1) is 0 Å². The number of halogens is 1. The summed E-state index contributed by atoms with van der Waals surface area (Å²) in [5.41, 5.74) is 10.6. The van der Waals surface area contributed by atoms with Crippen LogP contribution in [0.2, 0.25) is 0 Å². The fourth-order valence-electron chi connectivity index (χ4n) is 1.20. The Morgan fingerprint density at radius 3 is 2.57 bits per heavy atom. The van der Waals surface area contributed by atoms with Crippen molar-refractivity contribution < 1.29 is 9.90 Å². The average Bonchev–Trinajstić information content (AvgIpc) is 2.02. The zero-order valence-corrected chi connectivity index (χ0v) is 9.21. The van der Waals surface area contributed by atoms with Gasteiger partial charge in [-0.1, -0.05) is 22.0 Å². The number of anilines is 1. The Morgan fingerprint density at radius 1 is 1.57 bits per heavy atom. The number of rotatable bonds is 2. The Labute approximate surface area is 90.0 Å². The highest BCUT2D eigenvalue weighted by Crippen LogP contribution is 2.31. The number of carboxylic acids is 1. The van der Waals surface area contributed by atoms with E-state index >= 15 is 0 Å². The molecule has 1 aromatic carbocycles. The molecule has 4 nitrogen and oxygen atoms in total. The molecule has 0 aliphatic carbocycles. The zero-order valence-electron chi connectivity index (χ0n) is 7.62. The maximum Gasteiger partial charge on any atom is 0.328 e. The molecule has 0 bridgehead atoms. The summed E-state index contributed by atoms with van der Waals surface area (Å²) in [4.78, 5) is 10.9. The van der Waals surface area contributed by atoms with Gasteiger partial charge < -0.3 is 16.6 Å². The molecule has 1 rings (SSSR count). The van der Waals surface area contributed by atoms with Crippen molar-refractivity contribution in [3.8, 4) is 0 Å². The highest BCUT2D eigenvalue weighted by atomic mass is 79.9. The van der Waals surface area contributed by atoms with E-state index in [2.05, 4.69) is 15.9 Å². The third kappa shape index (κ3) is 1.73. The summed E-state index contributed by atoms with van der Waals surface area (Å²) >= 11 is 3.23. The van der Waals surface area contributed by atoms with Gasteiger partial charge in [0.15, 0.2) is 0 Å². The smallest absolute Gasteiger partial charge is 0.328 e. The van der Waals surface area contributed by atoms with Crippen LogP contribution < -0.4 is 11.5 Å². The second-order valence-electron chi connectivity index (χ2n) is 3.21. The van der Waals surface area contributed by atoms with Crippen LogP contribution in [-0.2, 0) is 10.3 Å². The lowest BCUT2D eigenvalue weighted by Gasteiger charge is -2.22. The minimum atomic E-state index is -1.48. The molecule has 0 fully saturated rings. The van der Waals surface area contributed by atoms with Crippen molar-refractivity contribution in [2.24, 2.45) is 5.73 Å². The van der Waals surface area contributed by atoms with Crippen LogP contribution in [0.25, 0.3) is 0 Å². The van der Waals surface area contributed by atoms with Gasteiger partial charge in [0.25, 0.3) is 0 Å². The van der Waals surface area contributed by atoms with Gasteiger partial charge in [-0.2, -0.15) is 0 Å². The summed E-state index contributed by atoms with van der Waals surface area (Å²) in [5.74, 6) is -1.11. The maximum atomic E-state index is 10.9. The molecule has 0 saturated carbocycles. The first-order valence-corrected chi connectivity index (χ1v) is 4.73. The number of carboxylic acid groups (broad SMARTS) is 1. The van der Waals surface area contributed by atoms with Crippen LogP contribution in [0.4, 0.5) is 5.69 Å². The van der Waals surface area contributed by atoms with E-state index in [4.69, 9.17) is 16.6 Å². The van der Waals surface area contributed by atoms with Gasteiger partial charge in [0.2, 0.25) is 0 Å². The van der Waals surface area contributed by atoms with Gasteiger partial charge in [-0.25, -0.2) is 4.79 Å². The van der Waals surface area contributed by atoms with Crippen molar-refractivity contribution in [1.29, 1.82) is 0 Å². The molecule has 0 heterocycles. The molecule has 0 radical (unpaired) electrons. The minimum Gasteiger partial charge on any atom is -0.480 e. The molecular weight excluding hydrogens is 248 g/mol. The van der Waals surface area contributed by atoms with Gasteiger partial charge in [-0.05, 0) is 19.1 Å². The highest BCUT2D eigenvalue weighted by Gasteiger charge is 2.33. The van der Waals surface area contributed by atoms with Crippen molar-refractivity contribution >= 4 is 27.6 Å². The normalized spacial score (nSPS) is 14.8. The predicted molar refractivity (Wildman–Crippen MR) is 57.7 cm³/mol. The summed E-state index contributed by atoms with van der Waals surface area (Å²) in [6.45, 7) is 1.41. The first-order valence-electron chi connectivity index (χ1n) is 3.94. The van der Waals surface area contributed by atoms with Gasteiger partial charge >= 0.3 is 5.97 Å². The van der Waals surface area contributed by atoms with E-state index in [0.717, 1.165) is 0 Å². The summed E-state index contributed by atoms with van der Waals surface area (Å²) in [7, 11) is 0. The molecule has 0 spiro atoms. The molecule has 0 aliphatic rings. The van der Waals surface area contributed by atoms with E-state index in [1.807, 2.05) is 0 Å². The quantitative estimate of drug-likeness (QED) is 0.698. The van der Waals surface area contributed by atoms with Crippen molar-refractivity contribution in [2.75, 3.05) is 5.73 Å². The van der Waals surface area contributed by atoms with Crippen LogP contribution >= 0.6 is 15.9 Å². The Kier molecular flexibility index (Phi) is 2.82. The number of carbonyl (C=O) groups is 1. The van der Waals surface area contributed by atoms with Gasteiger partial charge in [-0.15, -0.1) is 0 Å². The second kappa shape index (κ2) is 3.59.